The van der Waals surface area contributed by atoms with E-state index in [0.29, 0.717) is 4.60 Å². The van der Waals surface area contributed by atoms with E-state index in [9.17, 15) is 4.39 Å². The Kier molecular flexibility index (Phi) is 3.36. The second-order valence-electron chi connectivity index (χ2n) is 2.83. The van der Waals surface area contributed by atoms with Crippen molar-refractivity contribution >= 4 is 27.5 Å². The molecule has 0 radical (unpaired) electrons. The van der Waals surface area contributed by atoms with Crippen LogP contribution in [0.2, 0.25) is 5.02 Å². The topological polar surface area (TPSA) is 35.0 Å². The minimum absolute atomic E-state index is 0.00521. The molecular weight excluding hydrogens is 298 g/mol. The fraction of sp³-hybridized carbons (Fsp3) is 0. The van der Waals surface area contributed by atoms with Crippen LogP contribution in [0.5, 0.6) is 11.6 Å². The first kappa shape index (κ1) is 11.3. The molecule has 1 aromatic carbocycles. The zero-order chi connectivity index (χ0) is 11.5. The van der Waals surface area contributed by atoms with Crippen molar-refractivity contribution in [3.63, 3.8) is 0 Å². The molecule has 2 aromatic rings. The third-order valence-electron chi connectivity index (χ3n) is 1.74. The molecule has 0 aliphatic carbocycles. The van der Waals surface area contributed by atoms with Crippen LogP contribution < -0.4 is 4.74 Å². The molecule has 0 aliphatic heterocycles. The highest BCUT2D eigenvalue weighted by molar-refractivity contribution is 9.10. The van der Waals surface area contributed by atoms with E-state index < -0.39 is 5.82 Å². The molecular formula is C10H5BrClFN2O. The van der Waals surface area contributed by atoms with Crippen molar-refractivity contribution in [2.45, 2.75) is 0 Å². The number of rotatable bonds is 2. The van der Waals surface area contributed by atoms with Gasteiger partial charge in [-0.15, -0.1) is 0 Å². The first-order valence-corrected chi connectivity index (χ1v) is 5.43. The van der Waals surface area contributed by atoms with Gasteiger partial charge in [-0.3, -0.25) is 0 Å². The fourth-order valence-corrected chi connectivity index (χ4v) is 1.50. The van der Waals surface area contributed by atoms with Crippen molar-refractivity contribution in [1.29, 1.82) is 0 Å². The fourth-order valence-electron chi connectivity index (χ4n) is 1.05. The number of aromatic nitrogens is 2. The average molecular weight is 304 g/mol. The van der Waals surface area contributed by atoms with Crippen molar-refractivity contribution < 1.29 is 9.13 Å². The van der Waals surface area contributed by atoms with E-state index in [1.165, 1.54) is 24.5 Å². The Balaban J connectivity index is 2.31. The van der Waals surface area contributed by atoms with Gasteiger partial charge in [0.2, 0.25) is 5.88 Å². The summed E-state index contributed by atoms with van der Waals surface area (Å²) < 4.78 is 19.3. The third-order valence-corrected chi connectivity index (χ3v) is 2.46. The predicted molar refractivity (Wildman–Crippen MR) is 61.2 cm³/mol. The second-order valence-corrected chi connectivity index (χ2v) is 4.05. The maximum absolute atomic E-state index is 13.5. The van der Waals surface area contributed by atoms with Gasteiger partial charge >= 0.3 is 0 Å². The first-order chi connectivity index (χ1) is 7.66. The summed E-state index contributed by atoms with van der Waals surface area (Å²) >= 11 is 8.77. The molecule has 0 unspecified atom stereocenters. The molecule has 0 saturated heterocycles. The number of benzene rings is 1. The van der Waals surface area contributed by atoms with Crippen molar-refractivity contribution in [3.05, 3.63) is 46.0 Å². The molecule has 2 rings (SSSR count). The lowest BCUT2D eigenvalue weighted by Crippen LogP contribution is -1.92. The third kappa shape index (κ3) is 2.48. The van der Waals surface area contributed by atoms with Crippen LogP contribution in [-0.4, -0.2) is 9.97 Å². The average Bonchev–Trinajstić information content (AvgIpc) is 2.25. The summed E-state index contributed by atoms with van der Waals surface area (Å²) in [6.07, 6.45) is 1.31. The van der Waals surface area contributed by atoms with Crippen molar-refractivity contribution in [3.8, 4) is 11.6 Å². The van der Waals surface area contributed by atoms with E-state index >= 15 is 0 Å². The van der Waals surface area contributed by atoms with Crippen LogP contribution in [0.1, 0.15) is 0 Å². The van der Waals surface area contributed by atoms with E-state index in [4.69, 9.17) is 16.3 Å². The number of hydrogen-bond acceptors (Lipinski definition) is 3. The van der Waals surface area contributed by atoms with Gasteiger partial charge < -0.3 is 4.74 Å². The molecule has 0 saturated carbocycles. The lowest BCUT2D eigenvalue weighted by Gasteiger charge is -2.05. The predicted octanol–water partition coefficient (Wildman–Crippen LogP) is 3.82. The Morgan fingerprint density at radius 2 is 2.12 bits per heavy atom. The summed E-state index contributed by atoms with van der Waals surface area (Å²) in [4.78, 5) is 7.66. The summed E-state index contributed by atoms with van der Waals surface area (Å²) in [5.41, 5.74) is 0. The van der Waals surface area contributed by atoms with Gasteiger partial charge in [-0.25, -0.2) is 14.4 Å². The van der Waals surface area contributed by atoms with Gasteiger partial charge in [0.15, 0.2) is 11.6 Å². The van der Waals surface area contributed by atoms with Crippen LogP contribution in [0, 0.1) is 5.82 Å². The summed E-state index contributed by atoms with van der Waals surface area (Å²) in [7, 11) is 0. The molecule has 3 nitrogen and oxygen atoms in total. The van der Waals surface area contributed by atoms with Crippen LogP contribution in [0.15, 0.2) is 35.2 Å². The molecule has 16 heavy (non-hydrogen) atoms. The van der Waals surface area contributed by atoms with E-state index in [-0.39, 0.29) is 16.7 Å². The van der Waals surface area contributed by atoms with Gasteiger partial charge in [0, 0.05) is 6.07 Å². The summed E-state index contributed by atoms with van der Waals surface area (Å²) in [6, 6.07) is 6.04. The monoisotopic (exact) mass is 302 g/mol. The highest BCUT2D eigenvalue weighted by atomic mass is 79.9. The zero-order valence-corrected chi connectivity index (χ0v) is 10.2. The Labute approximate surface area is 104 Å². The van der Waals surface area contributed by atoms with Crippen LogP contribution in [-0.2, 0) is 0 Å². The quantitative estimate of drug-likeness (QED) is 0.791. The summed E-state index contributed by atoms with van der Waals surface area (Å²) in [5.74, 6) is -0.347. The van der Waals surface area contributed by atoms with Crippen molar-refractivity contribution in [2.24, 2.45) is 0 Å². The molecule has 0 aliphatic rings. The highest BCUT2D eigenvalue weighted by Gasteiger charge is 2.09. The first-order valence-electron chi connectivity index (χ1n) is 4.26. The Bertz CT molecular complexity index is 524. The molecule has 0 fully saturated rings. The molecule has 6 heteroatoms. The van der Waals surface area contributed by atoms with Crippen LogP contribution >= 0.6 is 27.5 Å². The van der Waals surface area contributed by atoms with Gasteiger partial charge in [0.25, 0.3) is 0 Å². The van der Waals surface area contributed by atoms with Gasteiger partial charge in [-0.2, -0.15) is 0 Å². The molecule has 0 atom stereocenters. The zero-order valence-electron chi connectivity index (χ0n) is 7.82. The molecule has 82 valence electrons. The number of ether oxygens (including phenoxy) is 1. The molecule has 1 aromatic heterocycles. The Morgan fingerprint density at radius 1 is 1.31 bits per heavy atom. The minimum Gasteiger partial charge on any atom is -0.436 e. The van der Waals surface area contributed by atoms with Gasteiger partial charge in [0.05, 0.1) is 5.02 Å². The van der Waals surface area contributed by atoms with Crippen LogP contribution in [0.4, 0.5) is 4.39 Å². The van der Waals surface area contributed by atoms with E-state index in [2.05, 4.69) is 25.9 Å². The highest BCUT2D eigenvalue weighted by Crippen LogP contribution is 2.28. The number of nitrogens with zero attached hydrogens (tertiary/aromatic N) is 2. The van der Waals surface area contributed by atoms with Gasteiger partial charge in [0.1, 0.15) is 10.9 Å². The minimum atomic E-state index is -0.612. The molecule has 0 bridgehead atoms. The van der Waals surface area contributed by atoms with Crippen LogP contribution in [0.3, 0.4) is 0 Å². The van der Waals surface area contributed by atoms with Gasteiger partial charge in [-0.05, 0) is 28.1 Å². The maximum Gasteiger partial charge on any atom is 0.223 e. The second kappa shape index (κ2) is 4.76. The Morgan fingerprint density at radius 3 is 2.88 bits per heavy atom. The lowest BCUT2D eigenvalue weighted by atomic mass is 10.3. The van der Waals surface area contributed by atoms with Gasteiger partial charge in [-0.1, -0.05) is 17.7 Å². The molecule has 0 amide bonds. The summed E-state index contributed by atoms with van der Waals surface area (Å²) in [6.45, 7) is 0. The SMILES string of the molecule is Fc1c(Cl)cccc1Oc1cc(Br)ncn1. The molecule has 0 spiro atoms. The molecule has 0 N–H and O–H groups in total. The standard InChI is InChI=1S/C10H5BrClFN2O/c11-8-4-9(15-5-14-8)16-7-3-1-2-6(12)10(7)13/h1-5H. The van der Waals surface area contributed by atoms with Crippen molar-refractivity contribution in [2.75, 3.05) is 0 Å². The largest absolute Gasteiger partial charge is 0.436 e. The Hall–Kier alpha value is -1.20. The maximum atomic E-state index is 13.5. The smallest absolute Gasteiger partial charge is 0.223 e. The van der Waals surface area contributed by atoms with E-state index in [1.807, 2.05) is 0 Å². The number of halogens is 3. The van der Waals surface area contributed by atoms with E-state index in [1.54, 1.807) is 6.07 Å². The van der Waals surface area contributed by atoms with Crippen molar-refractivity contribution in [1.82, 2.24) is 9.97 Å². The lowest BCUT2D eigenvalue weighted by molar-refractivity contribution is 0.426. The van der Waals surface area contributed by atoms with E-state index in [0.717, 1.165) is 0 Å². The molecule has 1 heterocycles. The summed E-state index contributed by atoms with van der Waals surface area (Å²) in [5, 5.41) is 0.00521. The number of hydrogen-bond donors (Lipinski definition) is 0. The van der Waals surface area contributed by atoms with Crippen LogP contribution in [0.25, 0.3) is 0 Å². The normalized spacial score (nSPS) is 10.2.